The number of aromatic carboxylic acids is 1. The summed E-state index contributed by atoms with van der Waals surface area (Å²) in [4.78, 5) is 15.6. The summed E-state index contributed by atoms with van der Waals surface area (Å²) in [6.07, 6.45) is 0. The fourth-order valence-corrected chi connectivity index (χ4v) is 2.45. The van der Waals surface area contributed by atoms with Crippen molar-refractivity contribution in [3.8, 4) is 5.75 Å². The molecule has 26 heavy (non-hydrogen) atoms. The number of aromatic nitrogens is 2. The van der Waals surface area contributed by atoms with Gasteiger partial charge in [0.15, 0.2) is 11.5 Å². The molecule has 0 unspecified atom stereocenters. The quantitative estimate of drug-likeness (QED) is 0.646. The average Bonchev–Trinajstić information content (AvgIpc) is 2.99. The van der Waals surface area contributed by atoms with Crippen molar-refractivity contribution in [2.75, 3.05) is 6.61 Å². The molecule has 0 aliphatic carbocycles. The van der Waals surface area contributed by atoms with Crippen LogP contribution in [0.15, 0.2) is 52.7 Å². The zero-order valence-corrected chi connectivity index (χ0v) is 14.9. The highest BCUT2D eigenvalue weighted by Crippen LogP contribution is 2.26. The Labute approximate surface area is 151 Å². The zero-order valence-electron chi connectivity index (χ0n) is 14.9. The van der Waals surface area contributed by atoms with E-state index in [0.29, 0.717) is 23.9 Å². The summed E-state index contributed by atoms with van der Waals surface area (Å²) in [6.45, 7) is 6.67. The Morgan fingerprint density at radius 3 is 2.58 bits per heavy atom. The summed E-state index contributed by atoms with van der Waals surface area (Å²) < 4.78 is 7.31. The maximum atomic E-state index is 11.5. The fraction of sp³-hybridized carbons (Fsp3) is 0.263. The molecule has 0 bridgehead atoms. The van der Waals surface area contributed by atoms with Crippen LogP contribution in [0, 0.1) is 12.8 Å². The van der Waals surface area contributed by atoms with Crippen LogP contribution in [0.3, 0.4) is 0 Å². The van der Waals surface area contributed by atoms with E-state index in [9.17, 15) is 9.90 Å². The minimum Gasteiger partial charge on any atom is -0.493 e. The van der Waals surface area contributed by atoms with Crippen molar-refractivity contribution < 1.29 is 14.6 Å². The number of aryl methyl sites for hydroxylation is 1. The molecule has 3 aromatic rings. The molecule has 1 aromatic carbocycles. The van der Waals surface area contributed by atoms with Gasteiger partial charge in [-0.05, 0) is 49.2 Å². The van der Waals surface area contributed by atoms with Gasteiger partial charge in [0.2, 0.25) is 0 Å². The number of nitrogens with zero attached hydrogens (tertiary/aromatic N) is 4. The smallest absolute Gasteiger partial charge is 0.358 e. The molecule has 1 N–H and O–H groups in total. The normalized spacial score (nSPS) is 11.5. The summed E-state index contributed by atoms with van der Waals surface area (Å²) in [7, 11) is 0. The van der Waals surface area contributed by atoms with Crippen LogP contribution in [0.4, 0.5) is 11.5 Å². The SMILES string of the molecule is Cc1cccc2nc(C(=O)O)c(N=Nc3ccc(OCC(C)C)cc3)n12. The molecule has 0 saturated heterocycles. The van der Waals surface area contributed by atoms with Crippen LogP contribution in [-0.4, -0.2) is 27.1 Å². The van der Waals surface area contributed by atoms with Gasteiger partial charge in [0.05, 0.1) is 12.3 Å². The van der Waals surface area contributed by atoms with Crippen LogP contribution >= 0.6 is 0 Å². The summed E-state index contributed by atoms with van der Waals surface area (Å²) in [6, 6.07) is 12.6. The first-order valence-corrected chi connectivity index (χ1v) is 8.31. The molecule has 0 spiro atoms. The predicted octanol–water partition coefficient (Wildman–Crippen LogP) is 4.79. The fourth-order valence-electron chi connectivity index (χ4n) is 2.45. The highest BCUT2D eigenvalue weighted by Gasteiger charge is 2.19. The Balaban J connectivity index is 1.91. The molecule has 7 nitrogen and oxygen atoms in total. The number of imidazole rings is 1. The number of carbonyl (C=O) groups is 1. The van der Waals surface area contributed by atoms with Gasteiger partial charge >= 0.3 is 5.97 Å². The molecule has 0 aliphatic heterocycles. The molecule has 0 fully saturated rings. The number of ether oxygens (including phenoxy) is 1. The van der Waals surface area contributed by atoms with Crippen molar-refractivity contribution in [3.05, 3.63) is 53.9 Å². The highest BCUT2D eigenvalue weighted by atomic mass is 16.5. The average molecular weight is 352 g/mol. The lowest BCUT2D eigenvalue weighted by Crippen LogP contribution is -2.03. The minimum absolute atomic E-state index is 0.125. The zero-order chi connectivity index (χ0) is 18.7. The maximum Gasteiger partial charge on any atom is 0.358 e. The molecule has 0 amide bonds. The first-order valence-electron chi connectivity index (χ1n) is 8.31. The molecular formula is C19H20N4O3. The molecule has 3 rings (SSSR count). The van der Waals surface area contributed by atoms with Gasteiger partial charge in [0.25, 0.3) is 0 Å². The third kappa shape index (κ3) is 3.72. The summed E-state index contributed by atoms with van der Waals surface area (Å²) in [5.41, 5.74) is 1.82. The number of benzene rings is 1. The number of fused-ring (bicyclic) bond motifs is 1. The van der Waals surface area contributed by atoms with Crippen LogP contribution in [-0.2, 0) is 0 Å². The molecule has 7 heteroatoms. The van der Waals surface area contributed by atoms with E-state index in [1.54, 1.807) is 22.6 Å². The van der Waals surface area contributed by atoms with Crippen molar-refractivity contribution >= 4 is 23.1 Å². The molecule has 0 atom stereocenters. The van der Waals surface area contributed by atoms with Gasteiger partial charge < -0.3 is 9.84 Å². The van der Waals surface area contributed by atoms with E-state index in [4.69, 9.17) is 4.74 Å². The van der Waals surface area contributed by atoms with Crippen molar-refractivity contribution in [2.24, 2.45) is 16.1 Å². The maximum absolute atomic E-state index is 11.5. The molecule has 134 valence electrons. The number of azo groups is 1. The molecule has 0 aliphatic rings. The Morgan fingerprint density at radius 1 is 1.19 bits per heavy atom. The standard InChI is InChI=1S/C19H20N4O3/c1-12(2)11-26-15-9-7-14(8-10-15)21-22-18-17(19(24)25)20-16-6-4-5-13(3)23(16)18/h4-10,12H,11H2,1-3H3,(H,24,25). The molecule has 2 aromatic heterocycles. The number of hydrogen-bond acceptors (Lipinski definition) is 5. The number of hydrogen-bond donors (Lipinski definition) is 1. The second-order valence-electron chi connectivity index (χ2n) is 6.35. The van der Waals surface area contributed by atoms with Crippen LogP contribution < -0.4 is 4.74 Å². The Kier molecular flexibility index (Phi) is 4.97. The number of rotatable bonds is 6. The van der Waals surface area contributed by atoms with E-state index in [0.717, 1.165) is 11.4 Å². The Bertz CT molecular complexity index is 959. The van der Waals surface area contributed by atoms with E-state index in [2.05, 4.69) is 29.1 Å². The molecule has 0 radical (unpaired) electrons. The third-order valence-electron chi connectivity index (χ3n) is 3.70. The van der Waals surface area contributed by atoms with Crippen molar-refractivity contribution in [2.45, 2.75) is 20.8 Å². The van der Waals surface area contributed by atoms with E-state index < -0.39 is 5.97 Å². The van der Waals surface area contributed by atoms with Gasteiger partial charge in [-0.3, -0.25) is 4.40 Å². The second-order valence-corrected chi connectivity index (χ2v) is 6.35. The summed E-state index contributed by atoms with van der Waals surface area (Å²) in [5.74, 6) is 0.266. The number of carboxylic acids is 1. The van der Waals surface area contributed by atoms with Gasteiger partial charge in [0, 0.05) is 5.69 Å². The molecule has 0 saturated carbocycles. The van der Waals surface area contributed by atoms with Gasteiger partial charge in [-0.2, -0.15) is 0 Å². The molecular weight excluding hydrogens is 332 g/mol. The monoisotopic (exact) mass is 352 g/mol. The van der Waals surface area contributed by atoms with Crippen molar-refractivity contribution in [1.82, 2.24) is 9.38 Å². The predicted molar refractivity (Wildman–Crippen MR) is 97.8 cm³/mol. The van der Waals surface area contributed by atoms with Gasteiger partial charge in [0.1, 0.15) is 11.4 Å². The number of carboxylic acid groups (broad SMARTS) is 1. The third-order valence-corrected chi connectivity index (χ3v) is 3.70. The lowest BCUT2D eigenvalue weighted by molar-refractivity contribution is 0.0692. The van der Waals surface area contributed by atoms with Gasteiger partial charge in [-0.1, -0.05) is 19.9 Å². The van der Waals surface area contributed by atoms with Gasteiger partial charge in [-0.15, -0.1) is 10.2 Å². The Hall–Kier alpha value is -3.22. The van der Waals surface area contributed by atoms with E-state index in [1.807, 2.05) is 31.2 Å². The van der Waals surface area contributed by atoms with Crippen LogP contribution in [0.1, 0.15) is 30.0 Å². The lowest BCUT2D eigenvalue weighted by Gasteiger charge is -2.08. The minimum atomic E-state index is -1.14. The van der Waals surface area contributed by atoms with E-state index >= 15 is 0 Å². The summed E-state index contributed by atoms with van der Waals surface area (Å²) >= 11 is 0. The second kappa shape index (κ2) is 7.35. The first-order chi connectivity index (χ1) is 12.5. The van der Waals surface area contributed by atoms with E-state index in [1.165, 1.54) is 0 Å². The highest BCUT2D eigenvalue weighted by molar-refractivity contribution is 5.91. The molecule has 2 heterocycles. The van der Waals surface area contributed by atoms with Crippen molar-refractivity contribution in [3.63, 3.8) is 0 Å². The topological polar surface area (TPSA) is 88.5 Å². The largest absolute Gasteiger partial charge is 0.493 e. The summed E-state index contributed by atoms with van der Waals surface area (Å²) in [5, 5.41) is 17.7. The van der Waals surface area contributed by atoms with Crippen LogP contribution in [0.5, 0.6) is 5.75 Å². The Morgan fingerprint density at radius 2 is 1.92 bits per heavy atom. The van der Waals surface area contributed by atoms with Crippen LogP contribution in [0.2, 0.25) is 0 Å². The van der Waals surface area contributed by atoms with Crippen molar-refractivity contribution in [1.29, 1.82) is 0 Å². The van der Waals surface area contributed by atoms with E-state index in [-0.39, 0.29) is 11.5 Å². The number of pyridine rings is 1. The first kappa shape index (κ1) is 17.6. The van der Waals surface area contributed by atoms with Gasteiger partial charge in [-0.25, -0.2) is 9.78 Å². The lowest BCUT2D eigenvalue weighted by atomic mass is 10.2. The van der Waals surface area contributed by atoms with Crippen LogP contribution in [0.25, 0.3) is 5.65 Å².